The summed E-state index contributed by atoms with van der Waals surface area (Å²) >= 11 is 5.79. The normalized spacial score (nSPS) is 11.2. The zero-order chi connectivity index (χ0) is 17.9. The van der Waals surface area contributed by atoms with Crippen molar-refractivity contribution in [2.75, 3.05) is 5.32 Å². The molecule has 128 valence electrons. The van der Waals surface area contributed by atoms with Gasteiger partial charge in [-0.15, -0.1) is 0 Å². The van der Waals surface area contributed by atoms with E-state index in [2.05, 4.69) is 10.6 Å². The molecule has 0 fully saturated rings. The van der Waals surface area contributed by atoms with E-state index in [9.17, 15) is 26.7 Å². The van der Waals surface area contributed by atoms with Gasteiger partial charge in [-0.1, -0.05) is 17.7 Å². The van der Waals surface area contributed by atoms with Gasteiger partial charge in [0.15, 0.2) is 0 Å². The van der Waals surface area contributed by atoms with Crippen LogP contribution in [0, 0.1) is 11.6 Å². The van der Waals surface area contributed by atoms with Crippen molar-refractivity contribution in [2.45, 2.75) is 12.7 Å². The van der Waals surface area contributed by atoms with E-state index < -0.39 is 29.4 Å². The van der Waals surface area contributed by atoms with Crippen LogP contribution in [-0.2, 0) is 12.7 Å². The van der Waals surface area contributed by atoms with E-state index in [0.717, 1.165) is 12.1 Å². The van der Waals surface area contributed by atoms with Crippen molar-refractivity contribution in [3.8, 4) is 0 Å². The molecule has 0 aliphatic rings. The molecule has 0 radical (unpaired) electrons. The first-order valence-electron chi connectivity index (χ1n) is 6.53. The van der Waals surface area contributed by atoms with Crippen molar-refractivity contribution in [3.05, 3.63) is 64.2 Å². The molecular formula is C15H10ClF5N2O. The number of carbonyl (C=O) groups is 1. The van der Waals surface area contributed by atoms with Gasteiger partial charge < -0.3 is 10.6 Å². The van der Waals surface area contributed by atoms with Crippen LogP contribution in [0.25, 0.3) is 0 Å². The van der Waals surface area contributed by atoms with Gasteiger partial charge in [0.2, 0.25) is 0 Å². The number of alkyl halides is 3. The summed E-state index contributed by atoms with van der Waals surface area (Å²) < 4.78 is 64.2. The molecule has 2 amide bonds. The van der Waals surface area contributed by atoms with Gasteiger partial charge in [-0.2, -0.15) is 13.2 Å². The van der Waals surface area contributed by atoms with Crippen LogP contribution in [0.4, 0.5) is 32.4 Å². The van der Waals surface area contributed by atoms with Gasteiger partial charge >= 0.3 is 12.2 Å². The Morgan fingerprint density at radius 1 is 1.08 bits per heavy atom. The van der Waals surface area contributed by atoms with Gasteiger partial charge in [-0.25, -0.2) is 13.6 Å². The first-order valence-corrected chi connectivity index (χ1v) is 6.91. The molecule has 0 aliphatic heterocycles. The van der Waals surface area contributed by atoms with Gasteiger partial charge in [0.1, 0.15) is 11.6 Å². The van der Waals surface area contributed by atoms with E-state index >= 15 is 0 Å². The predicted octanol–water partition coefficient (Wildman–Crippen LogP) is 4.96. The van der Waals surface area contributed by atoms with Crippen molar-refractivity contribution in [1.82, 2.24) is 5.32 Å². The Morgan fingerprint density at radius 2 is 1.79 bits per heavy atom. The second kappa shape index (κ2) is 7.04. The molecule has 3 nitrogen and oxygen atoms in total. The largest absolute Gasteiger partial charge is 0.419 e. The van der Waals surface area contributed by atoms with Crippen molar-refractivity contribution >= 4 is 23.3 Å². The SMILES string of the molecule is O=C(NCc1c(F)cccc1Cl)Nc1ccc(C(F)(F)F)c(F)c1. The first kappa shape index (κ1) is 18.0. The number of urea groups is 1. The van der Waals surface area contributed by atoms with Gasteiger partial charge in [0.25, 0.3) is 0 Å². The lowest BCUT2D eigenvalue weighted by Crippen LogP contribution is -2.28. The molecule has 0 saturated heterocycles. The molecule has 0 heterocycles. The quantitative estimate of drug-likeness (QED) is 0.743. The summed E-state index contributed by atoms with van der Waals surface area (Å²) in [5.41, 5.74) is -1.57. The number of benzene rings is 2. The second-order valence-corrected chi connectivity index (χ2v) is 5.11. The maximum absolute atomic E-state index is 13.5. The molecule has 2 N–H and O–H groups in total. The number of nitrogens with one attached hydrogen (secondary N) is 2. The van der Waals surface area contributed by atoms with E-state index in [1.54, 1.807) is 0 Å². The highest BCUT2D eigenvalue weighted by Crippen LogP contribution is 2.32. The third-order valence-electron chi connectivity index (χ3n) is 3.02. The Bertz CT molecular complexity index is 744. The molecule has 0 aliphatic carbocycles. The van der Waals surface area contributed by atoms with E-state index in [1.807, 2.05) is 0 Å². The molecule has 0 aromatic heterocycles. The van der Waals surface area contributed by atoms with E-state index in [0.29, 0.717) is 12.1 Å². The number of rotatable bonds is 3. The fourth-order valence-electron chi connectivity index (χ4n) is 1.87. The number of anilines is 1. The molecule has 9 heteroatoms. The molecule has 0 unspecified atom stereocenters. The fourth-order valence-corrected chi connectivity index (χ4v) is 2.10. The maximum Gasteiger partial charge on any atom is 0.419 e. The van der Waals surface area contributed by atoms with Crippen LogP contribution in [0.3, 0.4) is 0 Å². The zero-order valence-electron chi connectivity index (χ0n) is 11.8. The van der Waals surface area contributed by atoms with Gasteiger partial charge in [-0.3, -0.25) is 0 Å². The van der Waals surface area contributed by atoms with Crippen LogP contribution >= 0.6 is 11.6 Å². The van der Waals surface area contributed by atoms with Crippen LogP contribution in [0.5, 0.6) is 0 Å². The van der Waals surface area contributed by atoms with Crippen LogP contribution in [0.15, 0.2) is 36.4 Å². The minimum absolute atomic E-state index is 0.0490. The highest BCUT2D eigenvalue weighted by molar-refractivity contribution is 6.31. The maximum atomic E-state index is 13.5. The Hall–Kier alpha value is -2.35. The van der Waals surface area contributed by atoms with E-state index in [-0.39, 0.29) is 22.8 Å². The fraction of sp³-hybridized carbons (Fsp3) is 0.133. The molecule has 24 heavy (non-hydrogen) atoms. The second-order valence-electron chi connectivity index (χ2n) is 4.70. The van der Waals surface area contributed by atoms with Crippen LogP contribution in [-0.4, -0.2) is 6.03 Å². The van der Waals surface area contributed by atoms with Gasteiger partial charge in [0.05, 0.1) is 5.56 Å². The molecule has 2 aromatic carbocycles. The van der Waals surface area contributed by atoms with Crippen molar-refractivity contribution in [3.63, 3.8) is 0 Å². The Morgan fingerprint density at radius 3 is 2.38 bits per heavy atom. The average Bonchev–Trinajstić information content (AvgIpc) is 2.45. The topological polar surface area (TPSA) is 41.1 Å². The third kappa shape index (κ3) is 4.35. The Balaban J connectivity index is 2.02. The van der Waals surface area contributed by atoms with Crippen molar-refractivity contribution < 1.29 is 26.7 Å². The number of amides is 2. The standard InChI is InChI=1S/C15H10ClF5N2O/c16-11-2-1-3-12(17)9(11)7-22-14(24)23-8-4-5-10(13(18)6-8)15(19,20)21/h1-6H,7H2,(H2,22,23,24). The minimum Gasteiger partial charge on any atom is -0.334 e. The number of halogens is 6. The van der Waals surface area contributed by atoms with Crippen molar-refractivity contribution in [1.29, 1.82) is 0 Å². The summed E-state index contributed by atoms with van der Waals surface area (Å²) in [5.74, 6) is -2.14. The molecule has 2 aromatic rings. The minimum atomic E-state index is -4.83. The lowest BCUT2D eigenvalue weighted by atomic mass is 10.2. The molecule has 0 atom stereocenters. The Kier molecular flexibility index (Phi) is 5.28. The summed E-state index contributed by atoms with van der Waals surface area (Å²) in [5, 5.41) is 4.53. The summed E-state index contributed by atoms with van der Waals surface area (Å²) in [6, 6.07) is 5.09. The van der Waals surface area contributed by atoms with Crippen molar-refractivity contribution in [2.24, 2.45) is 0 Å². The lowest BCUT2D eigenvalue weighted by molar-refractivity contribution is -0.139. The molecule has 0 spiro atoms. The van der Waals surface area contributed by atoms with Crippen LogP contribution < -0.4 is 10.6 Å². The highest BCUT2D eigenvalue weighted by atomic mass is 35.5. The van der Waals surface area contributed by atoms with Crippen LogP contribution in [0.2, 0.25) is 5.02 Å². The summed E-state index contributed by atoms with van der Waals surface area (Å²) in [7, 11) is 0. The van der Waals surface area contributed by atoms with Gasteiger partial charge in [0, 0.05) is 22.8 Å². The molecule has 0 saturated carbocycles. The van der Waals surface area contributed by atoms with E-state index in [1.165, 1.54) is 12.1 Å². The van der Waals surface area contributed by atoms with E-state index in [4.69, 9.17) is 11.6 Å². The van der Waals surface area contributed by atoms with Gasteiger partial charge in [-0.05, 0) is 30.3 Å². The number of carbonyl (C=O) groups excluding carboxylic acids is 1. The monoisotopic (exact) mass is 364 g/mol. The predicted molar refractivity (Wildman–Crippen MR) is 78.7 cm³/mol. The molecule has 0 bridgehead atoms. The average molecular weight is 365 g/mol. The molecule has 2 rings (SSSR count). The zero-order valence-corrected chi connectivity index (χ0v) is 12.6. The third-order valence-corrected chi connectivity index (χ3v) is 3.37. The number of hydrogen-bond acceptors (Lipinski definition) is 1. The molecular weight excluding hydrogens is 355 g/mol. The lowest BCUT2D eigenvalue weighted by Gasteiger charge is -2.11. The Labute approximate surface area is 138 Å². The summed E-state index contributed by atoms with van der Waals surface area (Å²) in [6.45, 7) is -0.250. The summed E-state index contributed by atoms with van der Waals surface area (Å²) in [4.78, 5) is 11.7. The summed E-state index contributed by atoms with van der Waals surface area (Å²) in [6.07, 6.45) is -4.83. The number of hydrogen-bond donors (Lipinski definition) is 2. The smallest absolute Gasteiger partial charge is 0.334 e. The first-order chi connectivity index (χ1) is 11.2. The van der Waals surface area contributed by atoms with Crippen LogP contribution in [0.1, 0.15) is 11.1 Å². The highest BCUT2D eigenvalue weighted by Gasteiger charge is 2.33.